The lowest BCUT2D eigenvalue weighted by Crippen LogP contribution is -2.07. The molecule has 3 rings (SSSR count). The maximum atomic E-state index is 13.1. The van der Waals surface area contributed by atoms with E-state index >= 15 is 0 Å². The second-order valence-corrected chi connectivity index (χ2v) is 5.86. The molecule has 0 spiro atoms. The second kappa shape index (κ2) is 6.84. The number of aliphatic hydroxyl groups is 1. The van der Waals surface area contributed by atoms with Crippen molar-refractivity contribution in [3.63, 3.8) is 0 Å². The Morgan fingerprint density at radius 3 is 2.91 bits per heavy atom. The average molecular weight is 334 g/mol. The van der Waals surface area contributed by atoms with Crippen molar-refractivity contribution in [2.45, 2.75) is 20.1 Å². The molecule has 0 bridgehead atoms. The topological polar surface area (TPSA) is 73.1 Å². The van der Waals surface area contributed by atoms with Crippen molar-refractivity contribution in [3.05, 3.63) is 46.3 Å². The van der Waals surface area contributed by atoms with Crippen LogP contribution in [0, 0.1) is 12.7 Å². The lowest BCUT2D eigenvalue weighted by Gasteiger charge is -2.02. The number of benzene rings is 1. The number of aromatic nitrogens is 4. The summed E-state index contributed by atoms with van der Waals surface area (Å²) in [7, 11) is 0. The average Bonchev–Trinajstić information content (AvgIpc) is 3.12. The minimum Gasteiger partial charge on any atom is -0.485 e. The van der Waals surface area contributed by atoms with E-state index in [1.54, 1.807) is 16.8 Å². The number of hydrogen-bond donors (Lipinski definition) is 1. The summed E-state index contributed by atoms with van der Waals surface area (Å²) < 4.78 is 20.2. The van der Waals surface area contributed by atoms with Crippen molar-refractivity contribution in [3.8, 4) is 17.3 Å². The molecule has 0 fully saturated rings. The first-order chi connectivity index (χ1) is 11.2. The molecule has 0 radical (unpaired) electrons. The van der Waals surface area contributed by atoms with E-state index in [0.29, 0.717) is 29.6 Å². The minimum atomic E-state index is -0.361. The quantitative estimate of drug-likeness (QED) is 0.749. The van der Waals surface area contributed by atoms with E-state index in [4.69, 9.17) is 9.84 Å². The van der Waals surface area contributed by atoms with Gasteiger partial charge in [0, 0.05) is 11.4 Å². The van der Waals surface area contributed by atoms with Crippen molar-refractivity contribution in [1.29, 1.82) is 0 Å². The van der Waals surface area contributed by atoms with E-state index in [1.165, 1.54) is 23.5 Å². The molecule has 0 saturated heterocycles. The van der Waals surface area contributed by atoms with Crippen molar-refractivity contribution >= 4 is 11.3 Å². The third kappa shape index (κ3) is 3.72. The van der Waals surface area contributed by atoms with Crippen LogP contribution < -0.4 is 4.74 Å². The van der Waals surface area contributed by atoms with Crippen LogP contribution in [0.25, 0.3) is 11.5 Å². The third-order valence-corrected chi connectivity index (χ3v) is 3.81. The molecule has 0 atom stereocenters. The summed E-state index contributed by atoms with van der Waals surface area (Å²) in [6, 6.07) is 5.89. The van der Waals surface area contributed by atoms with Gasteiger partial charge in [0.25, 0.3) is 0 Å². The molecule has 8 heteroatoms. The van der Waals surface area contributed by atoms with Crippen LogP contribution in [0.15, 0.2) is 29.6 Å². The van der Waals surface area contributed by atoms with E-state index in [0.717, 1.165) is 5.01 Å². The zero-order valence-corrected chi connectivity index (χ0v) is 13.3. The first-order valence-electron chi connectivity index (χ1n) is 7.01. The van der Waals surface area contributed by atoms with Gasteiger partial charge in [0.15, 0.2) is 11.6 Å². The fourth-order valence-corrected chi connectivity index (χ4v) is 2.65. The zero-order chi connectivity index (χ0) is 16.2. The van der Waals surface area contributed by atoms with E-state index in [2.05, 4.69) is 15.1 Å². The van der Waals surface area contributed by atoms with Gasteiger partial charge >= 0.3 is 0 Å². The van der Waals surface area contributed by atoms with E-state index in [1.807, 2.05) is 12.3 Å². The molecule has 2 heterocycles. The molecule has 0 aliphatic heterocycles. The molecule has 1 N–H and O–H groups in total. The van der Waals surface area contributed by atoms with Gasteiger partial charge in [-0.25, -0.2) is 19.0 Å². The monoisotopic (exact) mass is 334 g/mol. The van der Waals surface area contributed by atoms with Crippen molar-refractivity contribution < 1.29 is 14.2 Å². The third-order valence-electron chi connectivity index (χ3n) is 3.04. The number of hydrogen-bond acceptors (Lipinski definition) is 6. The highest BCUT2D eigenvalue weighted by Crippen LogP contribution is 2.20. The van der Waals surface area contributed by atoms with E-state index < -0.39 is 0 Å². The van der Waals surface area contributed by atoms with Gasteiger partial charge in [-0.05, 0) is 19.1 Å². The first-order valence-corrected chi connectivity index (χ1v) is 7.89. The maximum Gasteiger partial charge on any atom is 0.188 e. The van der Waals surface area contributed by atoms with Crippen LogP contribution in [-0.2, 0) is 13.2 Å². The lowest BCUT2D eigenvalue weighted by atomic mass is 10.3. The molecule has 2 aromatic heterocycles. The van der Waals surface area contributed by atoms with Crippen LogP contribution in [-0.4, -0.2) is 31.5 Å². The summed E-state index contributed by atoms with van der Waals surface area (Å²) in [5.41, 5.74) is 0.713. The minimum absolute atomic E-state index is 0.0519. The molecule has 1 aromatic carbocycles. The van der Waals surface area contributed by atoms with Gasteiger partial charge in [-0.3, -0.25) is 0 Å². The Kier molecular flexibility index (Phi) is 4.63. The van der Waals surface area contributed by atoms with E-state index in [9.17, 15) is 4.39 Å². The highest BCUT2D eigenvalue weighted by Gasteiger charge is 2.14. The van der Waals surface area contributed by atoms with Gasteiger partial charge in [0.1, 0.15) is 23.9 Å². The normalized spacial score (nSPS) is 10.9. The van der Waals surface area contributed by atoms with Gasteiger partial charge in [-0.15, -0.1) is 11.3 Å². The van der Waals surface area contributed by atoms with Crippen LogP contribution in [0.4, 0.5) is 4.39 Å². The molecule has 0 unspecified atom stereocenters. The van der Waals surface area contributed by atoms with Crippen LogP contribution in [0.1, 0.15) is 10.8 Å². The van der Waals surface area contributed by atoms with Gasteiger partial charge in [-0.1, -0.05) is 6.07 Å². The van der Waals surface area contributed by atoms with Crippen LogP contribution in [0.5, 0.6) is 5.75 Å². The SMILES string of the molecule is Cc1nc(-c2nc(COc3cccc(F)c3)nn2CCO)cs1. The molecule has 3 aromatic rings. The van der Waals surface area contributed by atoms with Crippen molar-refractivity contribution in [2.75, 3.05) is 6.61 Å². The number of ether oxygens (including phenoxy) is 1. The number of rotatable bonds is 6. The van der Waals surface area contributed by atoms with Gasteiger partial charge in [0.05, 0.1) is 18.2 Å². The smallest absolute Gasteiger partial charge is 0.188 e. The van der Waals surface area contributed by atoms with Crippen LogP contribution >= 0.6 is 11.3 Å². The molecule has 0 aliphatic carbocycles. The lowest BCUT2D eigenvalue weighted by molar-refractivity contribution is 0.266. The number of halogens is 1. The highest BCUT2D eigenvalue weighted by molar-refractivity contribution is 7.09. The number of aryl methyl sites for hydroxylation is 1. The van der Waals surface area contributed by atoms with Crippen LogP contribution in [0.2, 0.25) is 0 Å². The van der Waals surface area contributed by atoms with Gasteiger partial charge in [0.2, 0.25) is 0 Å². The predicted molar refractivity (Wildman–Crippen MR) is 83.7 cm³/mol. The molecule has 0 saturated carbocycles. The Hall–Kier alpha value is -2.32. The summed E-state index contributed by atoms with van der Waals surface area (Å²) in [4.78, 5) is 8.81. The summed E-state index contributed by atoms with van der Waals surface area (Å²) in [5, 5.41) is 16.3. The highest BCUT2D eigenvalue weighted by atomic mass is 32.1. The molecule has 0 aliphatic rings. The van der Waals surface area contributed by atoms with Crippen molar-refractivity contribution in [2.24, 2.45) is 0 Å². The molecular weight excluding hydrogens is 319 g/mol. The van der Waals surface area contributed by atoms with E-state index in [-0.39, 0.29) is 19.0 Å². The molecule has 6 nitrogen and oxygen atoms in total. The molecular formula is C15H15FN4O2S. The first kappa shape index (κ1) is 15.6. The summed E-state index contributed by atoms with van der Waals surface area (Å²) >= 11 is 1.52. The molecule has 23 heavy (non-hydrogen) atoms. The molecule has 0 amide bonds. The molecule has 120 valence electrons. The maximum absolute atomic E-state index is 13.1. The van der Waals surface area contributed by atoms with Crippen LogP contribution in [0.3, 0.4) is 0 Å². The Morgan fingerprint density at radius 1 is 1.35 bits per heavy atom. The number of nitrogens with zero attached hydrogens (tertiary/aromatic N) is 4. The fourth-order valence-electron chi connectivity index (χ4n) is 2.06. The zero-order valence-electron chi connectivity index (χ0n) is 12.4. The second-order valence-electron chi connectivity index (χ2n) is 4.80. The summed E-state index contributed by atoms with van der Waals surface area (Å²) in [6.45, 7) is 2.29. The van der Waals surface area contributed by atoms with Gasteiger partial charge in [-0.2, -0.15) is 5.10 Å². The Bertz CT molecular complexity index is 802. The predicted octanol–water partition coefficient (Wildman–Crippen LogP) is 2.42. The van der Waals surface area contributed by atoms with Gasteiger partial charge < -0.3 is 9.84 Å². The summed E-state index contributed by atoms with van der Waals surface area (Å²) in [5.74, 6) is 1.08. The van der Waals surface area contributed by atoms with Crippen molar-refractivity contribution in [1.82, 2.24) is 19.7 Å². The number of aliphatic hydroxyl groups excluding tert-OH is 1. The Labute approximate surface area is 136 Å². The fraction of sp³-hybridized carbons (Fsp3) is 0.267. The Balaban J connectivity index is 1.80. The standard InChI is InChI=1S/C15H15FN4O2S/c1-10-17-13(9-23-10)15-18-14(19-20(15)5-6-21)8-22-12-4-2-3-11(16)7-12/h2-4,7,9,21H,5-6,8H2,1H3. The largest absolute Gasteiger partial charge is 0.485 e. The number of thiazole rings is 1. The summed E-state index contributed by atoms with van der Waals surface area (Å²) in [6.07, 6.45) is 0. The Morgan fingerprint density at radius 2 is 2.22 bits per heavy atom.